The summed E-state index contributed by atoms with van der Waals surface area (Å²) < 4.78 is 0. The van der Waals surface area contributed by atoms with Crippen molar-refractivity contribution in [1.82, 2.24) is 9.97 Å². The second-order valence-electron chi connectivity index (χ2n) is 5.89. The van der Waals surface area contributed by atoms with Crippen molar-refractivity contribution in [2.75, 3.05) is 23.3 Å². The van der Waals surface area contributed by atoms with E-state index in [0.717, 1.165) is 37.0 Å². The van der Waals surface area contributed by atoms with Gasteiger partial charge in [-0.1, -0.05) is 6.92 Å². The van der Waals surface area contributed by atoms with Crippen LogP contribution in [0.25, 0.3) is 0 Å². The first-order valence-electron chi connectivity index (χ1n) is 7.38. The number of nitrogens with zero attached hydrogens (tertiary/aromatic N) is 3. The van der Waals surface area contributed by atoms with Crippen LogP contribution in [0.3, 0.4) is 0 Å². The minimum atomic E-state index is 0.202. The highest BCUT2D eigenvalue weighted by Crippen LogP contribution is 2.35. The van der Waals surface area contributed by atoms with Gasteiger partial charge in [0.05, 0.1) is 0 Å². The highest BCUT2D eigenvalue weighted by atomic mass is 15.3. The van der Waals surface area contributed by atoms with Gasteiger partial charge in [-0.25, -0.2) is 9.97 Å². The Morgan fingerprint density at radius 3 is 2.53 bits per heavy atom. The molecule has 2 heterocycles. The van der Waals surface area contributed by atoms with E-state index in [0.29, 0.717) is 0 Å². The maximum absolute atomic E-state index is 4.79. The van der Waals surface area contributed by atoms with E-state index in [9.17, 15) is 0 Å². The lowest BCUT2D eigenvalue weighted by molar-refractivity contribution is 0.512. The lowest BCUT2D eigenvalue weighted by Gasteiger charge is -2.34. The Labute approximate surface area is 116 Å². The summed E-state index contributed by atoms with van der Waals surface area (Å²) in [7, 11) is 0. The molecule has 1 aliphatic heterocycles. The molecule has 19 heavy (non-hydrogen) atoms. The highest BCUT2D eigenvalue weighted by molar-refractivity contribution is 5.60. The fourth-order valence-electron chi connectivity index (χ4n) is 2.81. The third kappa shape index (κ3) is 2.67. The largest absolute Gasteiger partial charge is 0.370 e. The molecule has 0 amide bonds. The smallest absolute Gasteiger partial charge is 0.137 e. The average Bonchev–Trinajstić information content (AvgIpc) is 2.72. The number of anilines is 2. The van der Waals surface area contributed by atoms with Gasteiger partial charge in [0.25, 0.3) is 0 Å². The molecular formula is C15H26N4. The fourth-order valence-corrected chi connectivity index (χ4v) is 2.81. The number of hydrogen-bond acceptors (Lipinski definition) is 4. The summed E-state index contributed by atoms with van der Waals surface area (Å²) in [6.45, 7) is 12.9. The molecule has 0 bridgehead atoms. The van der Waals surface area contributed by atoms with Crippen LogP contribution in [0.1, 0.15) is 51.9 Å². The minimum Gasteiger partial charge on any atom is -0.370 e. The number of nitrogens with one attached hydrogen (secondary N) is 1. The van der Waals surface area contributed by atoms with E-state index in [2.05, 4.69) is 49.8 Å². The molecule has 4 heteroatoms. The molecule has 1 aromatic rings. The first kappa shape index (κ1) is 14.1. The number of rotatable bonds is 4. The van der Waals surface area contributed by atoms with Gasteiger partial charge in [-0.2, -0.15) is 0 Å². The van der Waals surface area contributed by atoms with Gasteiger partial charge in [0.1, 0.15) is 17.5 Å². The maximum Gasteiger partial charge on any atom is 0.137 e. The summed E-state index contributed by atoms with van der Waals surface area (Å²) in [6.07, 6.45) is 3.35. The summed E-state index contributed by atoms with van der Waals surface area (Å²) in [5.74, 6) is 3.04. The first-order valence-corrected chi connectivity index (χ1v) is 7.38. The lowest BCUT2D eigenvalue weighted by atomic mass is 10.0. The van der Waals surface area contributed by atoms with Crippen LogP contribution in [-0.4, -0.2) is 28.6 Å². The fraction of sp³-hybridized carbons (Fsp3) is 0.733. The van der Waals surface area contributed by atoms with Crippen LogP contribution >= 0.6 is 0 Å². The molecule has 0 aliphatic carbocycles. The van der Waals surface area contributed by atoms with Gasteiger partial charge >= 0.3 is 0 Å². The van der Waals surface area contributed by atoms with Crippen LogP contribution in [0.4, 0.5) is 11.6 Å². The average molecular weight is 262 g/mol. The topological polar surface area (TPSA) is 41.1 Å². The van der Waals surface area contributed by atoms with Crippen molar-refractivity contribution >= 4 is 11.6 Å². The second-order valence-corrected chi connectivity index (χ2v) is 5.89. The Balaban J connectivity index is 2.46. The van der Waals surface area contributed by atoms with Crippen molar-refractivity contribution in [3.63, 3.8) is 0 Å². The third-order valence-corrected chi connectivity index (χ3v) is 3.98. The Bertz CT molecular complexity index is 454. The Morgan fingerprint density at radius 1 is 1.26 bits per heavy atom. The van der Waals surface area contributed by atoms with E-state index < -0.39 is 0 Å². The van der Waals surface area contributed by atoms with Gasteiger partial charge in [0, 0.05) is 30.6 Å². The van der Waals surface area contributed by atoms with Gasteiger partial charge in [-0.15, -0.1) is 0 Å². The van der Waals surface area contributed by atoms with Crippen molar-refractivity contribution in [2.45, 2.75) is 59.4 Å². The SMILES string of the molecule is CCNc1nc(CC)nc(N2CCCC2(C)C)c1C. The van der Waals surface area contributed by atoms with Crippen LogP contribution in [0, 0.1) is 6.92 Å². The van der Waals surface area contributed by atoms with Crippen molar-refractivity contribution in [1.29, 1.82) is 0 Å². The quantitative estimate of drug-likeness (QED) is 0.905. The van der Waals surface area contributed by atoms with Gasteiger partial charge in [-0.05, 0) is 40.5 Å². The molecule has 4 nitrogen and oxygen atoms in total. The lowest BCUT2D eigenvalue weighted by Crippen LogP contribution is -2.39. The van der Waals surface area contributed by atoms with Crippen molar-refractivity contribution in [2.24, 2.45) is 0 Å². The summed E-state index contributed by atoms with van der Waals surface area (Å²) >= 11 is 0. The maximum atomic E-state index is 4.79. The standard InChI is InChI=1S/C15H26N4/c1-6-12-17-13(16-7-2)11(3)14(18-12)19-10-8-9-15(19,4)5/h6-10H2,1-5H3,(H,16,17,18). The van der Waals surface area contributed by atoms with Crippen LogP contribution < -0.4 is 10.2 Å². The normalized spacial score (nSPS) is 17.8. The van der Waals surface area contributed by atoms with Gasteiger partial charge in [0.2, 0.25) is 0 Å². The second kappa shape index (κ2) is 5.35. The molecule has 0 saturated carbocycles. The van der Waals surface area contributed by atoms with E-state index in [1.54, 1.807) is 0 Å². The number of aromatic nitrogens is 2. The van der Waals surface area contributed by atoms with Crippen LogP contribution in [-0.2, 0) is 6.42 Å². The molecule has 0 unspecified atom stereocenters. The van der Waals surface area contributed by atoms with E-state index >= 15 is 0 Å². The Hall–Kier alpha value is -1.32. The summed E-state index contributed by atoms with van der Waals surface area (Å²) in [6, 6.07) is 0. The summed E-state index contributed by atoms with van der Waals surface area (Å²) in [4.78, 5) is 11.8. The molecule has 1 aliphatic rings. The molecule has 0 aromatic carbocycles. The molecule has 1 fully saturated rings. The molecule has 1 aromatic heterocycles. The zero-order valence-electron chi connectivity index (χ0n) is 12.9. The Kier molecular flexibility index (Phi) is 3.97. The summed E-state index contributed by atoms with van der Waals surface area (Å²) in [5, 5.41) is 3.36. The molecular weight excluding hydrogens is 236 g/mol. The summed E-state index contributed by atoms with van der Waals surface area (Å²) in [5.41, 5.74) is 1.38. The zero-order valence-corrected chi connectivity index (χ0v) is 12.9. The Morgan fingerprint density at radius 2 is 2.00 bits per heavy atom. The predicted octanol–water partition coefficient (Wildman–Crippen LogP) is 3.16. The highest BCUT2D eigenvalue weighted by Gasteiger charge is 2.34. The van der Waals surface area contributed by atoms with Crippen LogP contribution in [0.2, 0.25) is 0 Å². The van der Waals surface area contributed by atoms with Gasteiger partial charge < -0.3 is 10.2 Å². The molecule has 106 valence electrons. The predicted molar refractivity (Wildman–Crippen MR) is 81.0 cm³/mol. The van der Waals surface area contributed by atoms with Crippen LogP contribution in [0.5, 0.6) is 0 Å². The third-order valence-electron chi connectivity index (χ3n) is 3.98. The van der Waals surface area contributed by atoms with E-state index in [-0.39, 0.29) is 5.54 Å². The molecule has 1 N–H and O–H groups in total. The van der Waals surface area contributed by atoms with Gasteiger partial charge in [0.15, 0.2) is 0 Å². The first-order chi connectivity index (χ1) is 8.99. The number of hydrogen-bond donors (Lipinski definition) is 1. The van der Waals surface area contributed by atoms with E-state index in [4.69, 9.17) is 4.98 Å². The molecule has 0 spiro atoms. The van der Waals surface area contributed by atoms with E-state index in [1.807, 2.05) is 0 Å². The number of aryl methyl sites for hydroxylation is 1. The molecule has 2 rings (SSSR count). The van der Waals surface area contributed by atoms with Gasteiger partial charge in [-0.3, -0.25) is 0 Å². The van der Waals surface area contributed by atoms with Crippen LogP contribution in [0.15, 0.2) is 0 Å². The van der Waals surface area contributed by atoms with Crippen molar-refractivity contribution in [3.8, 4) is 0 Å². The molecule has 1 saturated heterocycles. The zero-order chi connectivity index (χ0) is 14.0. The minimum absolute atomic E-state index is 0.202. The van der Waals surface area contributed by atoms with Crippen molar-refractivity contribution < 1.29 is 0 Å². The van der Waals surface area contributed by atoms with E-state index in [1.165, 1.54) is 18.4 Å². The monoisotopic (exact) mass is 262 g/mol. The molecule has 0 radical (unpaired) electrons. The molecule has 0 atom stereocenters. The van der Waals surface area contributed by atoms with Crippen molar-refractivity contribution in [3.05, 3.63) is 11.4 Å².